The second-order valence-corrected chi connectivity index (χ2v) is 13.7. The number of hydrogen-bond acceptors (Lipinski definition) is 6. The maximum Gasteiger partial charge on any atom is 0.160 e. The van der Waals surface area contributed by atoms with Crippen LogP contribution in [0.4, 0.5) is 0 Å². The van der Waals surface area contributed by atoms with Gasteiger partial charge >= 0.3 is 0 Å². The van der Waals surface area contributed by atoms with Gasteiger partial charge in [0, 0.05) is 74.5 Å². The molecule has 0 bridgehead atoms. The van der Waals surface area contributed by atoms with Crippen molar-refractivity contribution in [1.29, 1.82) is 0 Å². The molecule has 56 heavy (non-hydrogen) atoms. The Kier molecular flexibility index (Phi) is 8.39. The molecular weight excluding hydrogens is 685 g/mol. The second kappa shape index (κ2) is 14.3. The molecule has 0 N–H and O–H groups in total. The molecule has 0 amide bonds. The van der Waals surface area contributed by atoms with Crippen LogP contribution >= 0.6 is 0 Å². The fourth-order valence-corrected chi connectivity index (χ4v) is 7.10. The van der Waals surface area contributed by atoms with Gasteiger partial charge in [-0.3, -0.25) is 19.9 Å². The van der Waals surface area contributed by atoms with E-state index in [-0.39, 0.29) is 0 Å². The highest BCUT2D eigenvalue weighted by atomic mass is 14.9. The molecule has 262 valence electrons. The number of fused-ring (bicyclic) bond motifs is 2. The van der Waals surface area contributed by atoms with Crippen molar-refractivity contribution >= 4 is 21.5 Å². The van der Waals surface area contributed by atoms with E-state index in [2.05, 4.69) is 131 Å². The van der Waals surface area contributed by atoms with Crippen LogP contribution < -0.4 is 0 Å². The summed E-state index contributed by atoms with van der Waals surface area (Å²) < 4.78 is 0. The Morgan fingerprint density at radius 3 is 1.11 bits per heavy atom. The molecule has 0 fully saturated rings. The van der Waals surface area contributed by atoms with Gasteiger partial charge in [0.05, 0.1) is 34.2 Å². The van der Waals surface area contributed by atoms with Gasteiger partial charge < -0.3 is 0 Å². The number of benzene rings is 5. The average molecular weight is 717 g/mol. The predicted molar refractivity (Wildman–Crippen MR) is 226 cm³/mol. The predicted octanol–water partition coefficient (Wildman–Crippen LogP) is 12.0. The van der Waals surface area contributed by atoms with Crippen molar-refractivity contribution in [2.45, 2.75) is 0 Å². The molecule has 5 heterocycles. The molecule has 0 atom stereocenters. The Labute approximate surface area is 324 Å². The minimum Gasteiger partial charge on any atom is -0.256 e. The molecule has 0 aliphatic rings. The van der Waals surface area contributed by atoms with Gasteiger partial charge in [-0.15, -0.1) is 0 Å². The summed E-state index contributed by atoms with van der Waals surface area (Å²) in [5, 5.41) is 4.44. The molecule has 0 radical (unpaired) electrons. The normalized spacial score (nSPS) is 11.2. The summed E-state index contributed by atoms with van der Waals surface area (Å²) in [4.78, 5) is 29.4. The summed E-state index contributed by atoms with van der Waals surface area (Å²) in [5.41, 5.74) is 12.0. The molecule has 10 rings (SSSR count). The van der Waals surface area contributed by atoms with Gasteiger partial charge in [0.15, 0.2) is 5.82 Å². The quantitative estimate of drug-likeness (QED) is 0.163. The van der Waals surface area contributed by atoms with Crippen molar-refractivity contribution in [3.05, 3.63) is 195 Å². The van der Waals surface area contributed by atoms with Gasteiger partial charge in [-0.25, -0.2) is 9.97 Å². The average Bonchev–Trinajstić information content (AvgIpc) is 3.29. The van der Waals surface area contributed by atoms with Gasteiger partial charge in [0.2, 0.25) is 0 Å². The molecule has 0 unspecified atom stereocenters. The molecular formula is C50H32N6. The fraction of sp³-hybridized carbons (Fsp3) is 0. The SMILES string of the molecule is c1ccc(-c2ccc(-c3cc(-c4cc(-c5cc6ccccc6cn5)cc(-c5cc6ccccc6cn5)c4)nc(-c4ccc(-c5ccccn5)cc4)n3)cc2)nc1. The topological polar surface area (TPSA) is 77.3 Å². The van der Waals surface area contributed by atoms with Crippen LogP contribution in [-0.2, 0) is 0 Å². The highest BCUT2D eigenvalue weighted by Crippen LogP contribution is 2.36. The van der Waals surface area contributed by atoms with Crippen molar-refractivity contribution in [2.75, 3.05) is 0 Å². The summed E-state index contributed by atoms with van der Waals surface area (Å²) in [6.45, 7) is 0. The number of nitrogens with zero attached hydrogens (tertiary/aromatic N) is 6. The lowest BCUT2D eigenvalue weighted by atomic mass is 9.96. The van der Waals surface area contributed by atoms with Crippen LogP contribution in [0.15, 0.2) is 195 Å². The molecule has 6 heteroatoms. The summed E-state index contributed by atoms with van der Waals surface area (Å²) in [5.74, 6) is 0.624. The molecule has 0 spiro atoms. The third-order valence-electron chi connectivity index (χ3n) is 10.1. The maximum atomic E-state index is 5.26. The molecule has 0 saturated heterocycles. The molecule has 0 saturated carbocycles. The molecule has 10 aromatic rings. The Hall–Kier alpha value is -7.70. The first kappa shape index (κ1) is 32.9. The van der Waals surface area contributed by atoms with Crippen molar-refractivity contribution in [3.63, 3.8) is 0 Å². The van der Waals surface area contributed by atoms with Gasteiger partial charge in [0.1, 0.15) is 0 Å². The summed E-state index contributed by atoms with van der Waals surface area (Å²) >= 11 is 0. The highest BCUT2D eigenvalue weighted by molar-refractivity contribution is 5.89. The molecule has 5 aromatic heterocycles. The second-order valence-electron chi connectivity index (χ2n) is 13.7. The Bertz CT molecular complexity index is 2800. The van der Waals surface area contributed by atoms with Crippen molar-refractivity contribution in [2.24, 2.45) is 0 Å². The van der Waals surface area contributed by atoms with E-state index in [1.807, 2.05) is 73.3 Å². The molecule has 5 aromatic carbocycles. The van der Waals surface area contributed by atoms with Crippen LogP contribution in [0, 0.1) is 0 Å². The van der Waals surface area contributed by atoms with E-state index in [1.165, 1.54) is 0 Å². The van der Waals surface area contributed by atoms with Gasteiger partial charge in [-0.2, -0.15) is 0 Å². The van der Waals surface area contributed by atoms with Crippen LogP contribution in [0.5, 0.6) is 0 Å². The molecule has 0 aliphatic heterocycles. The Morgan fingerprint density at radius 1 is 0.250 bits per heavy atom. The summed E-state index contributed by atoms with van der Waals surface area (Å²) in [7, 11) is 0. The largest absolute Gasteiger partial charge is 0.256 e. The number of rotatable bonds is 7. The van der Waals surface area contributed by atoms with Crippen molar-refractivity contribution < 1.29 is 0 Å². The standard InChI is InChI=1S/C50H32N6/c1-3-11-39-31-53-46(28-37(39)9-1)41-25-42(47-29-38-10-2-4-12-40(38)32-54-47)27-43(26-41)49-30-48(35-17-15-33(16-18-35)44-13-5-7-23-51-44)55-50(56-49)36-21-19-34(20-22-36)45-14-6-8-24-52-45/h1-32H. The van der Waals surface area contributed by atoms with E-state index in [1.54, 1.807) is 0 Å². The van der Waals surface area contributed by atoms with Crippen LogP contribution in [0.25, 0.3) is 100 Å². The van der Waals surface area contributed by atoms with Gasteiger partial charge in [-0.05, 0) is 71.4 Å². The lowest BCUT2D eigenvalue weighted by Crippen LogP contribution is -1.97. The lowest BCUT2D eigenvalue weighted by molar-refractivity contribution is 1.18. The number of pyridine rings is 4. The van der Waals surface area contributed by atoms with Gasteiger partial charge in [0.25, 0.3) is 0 Å². The fourth-order valence-electron chi connectivity index (χ4n) is 7.10. The number of hydrogen-bond donors (Lipinski definition) is 0. The van der Waals surface area contributed by atoms with Crippen LogP contribution in [0.1, 0.15) is 0 Å². The van der Waals surface area contributed by atoms with E-state index in [0.717, 1.165) is 94.7 Å². The molecule has 6 nitrogen and oxygen atoms in total. The lowest BCUT2D eigenvalue weighted by Gasteiger charge is -2.13. The summed E-state index contributed by atoms with van der Waals surface area (Å²) in [6.07, 6.45) is 7.50. The smallest absolute Gasteiger partial charge is 0.160 e. The zero-order valence-corrected chi connectivity index (χ0v) is 30.2. The van der Waals surface area contributed by atoms with Crippen LogP contribution in [-0.4, -0.2) is 29.9 Å². The van der Waals surface area contributed by atoms with Crippen molar-refractivity contribution in [3.8, 4) is 78.9 Å². The van der Waals surface area contributed by atoms with E-state index in [9.17, 15) is 0 Å². The monoisotopic (exact) mass is 716 g/mol. The Morgan fingerprint density at radius 2 is 0.643 bits per heavy atom. The first-order valence-corrected chi connectivity index (χ1v) is 18.5. The maximum absolute atomic E-state index is 5.26. The first-order chi connectivity index (χ1) is 27.7. The third kappa shape index (κ3) is 6.57. The highest BCUT2D eigenvalue weighted by Gasteiger charge is 2.16. The van der Waals surface area contributed by atoms with E-state index < -0.39 is 0 Å². The zero-order valence-electron chi connectivity index (χ0n) is 30.2. The minimum atomic E-state index is 0.624. The summed E-state index contributed by atoms with van der Waals surface area (Å²) in [6, 6.07) is 58.1. The van der Waals surface area contributed by atoms with Crippen molar-refractivity contribution in [1.82, 2.24) is 29.9 Å². The molecule has 0 aliphatic carbocycles. The third-order valence-corrected chi connectivity index (χ3v) is 10.1. The first-order valence-electron chi connectivity index (χ1n) is 18.5. The zero-order chi connectivity index (χ0) is 37.3. The Balaban J connectivity index is 1.15. The van der Waals surface area contributed by atoms with Crippen LogP contribution in [0.2, 0.25) is 0 Å². The number of aromatic nitrogens is 6. The van der Waals surface area contributed by atoms with E-state index in [4.69, 9.17) is 19.9 Å². The van der Waals surface area contributed by atoms with E-state index in [0.29, 0.717) is 5.82 Å². The van der Waals surface area contributed by atoms with Gasteiger partial charge in [-0.1, -0.05) is 109 Å². The van der Waals surface area contributed by atoms with Crippen LogP contribution in [0.3, 0.4) is 0 Å². The van der Waals surface area contributed by atoms with E-state index >= 15 is 0 Å². The minimum absolute atomic E-state index is 0.624.